The molecule has 2 N–H and O–H groups in total. The number of benzene rings is 1. The van der Waals surface area contributed by atoms with Gasteiger partial charge in [0, 0.05) is 11.1 Å². The molecule has 1 heterocycles. The van der Waals surface area contributed by atoms with E-state index in [0.717, 1.165) is 32.1 Å². The van der Waals surface area contributed by atoms with E-state index in [2.05, 4.69) is 0 Å². The molecule has 1 aromatic carbocycles. The Balaban J connectivity index is 2.09. The summed E-state index contributed by atoms with van der Waals surface area (Å²) in [7, 11) is 0. The summed E-state index contributed by atoms with van der Waals surface area (Å²) in [6.07, 6.45) is 4.74. The maximum absolute atomic E-state index is 14.3. The Morgan fingerprint density at radius 3 is 2.67 bits per heavy atom. The fourth-order valence-corrected chi connectivity index (χ4v) is 3.04. The Morgan fingerprint density at radius 2 is 1.94 bits per heavy atom. The van der Waals surface area contributed by atoms with Crippen molar-refractivity contribution in [1.29, 1.82) is 0 Å². The summed E-state index contributed by atoms with van der Waals surface area (Å²) in [4.78, 5) is 0. The van der Waals surface area contributed by atoms with Crippen LogP contribution in [0.5, 0.6) is 11.5 Å². The third-order valence-electron chi connectivity index (χ3n) is 3.83. The van der Waals surface area contributed by atoms with Gasteiger partial charge in [-0.15, -0.1) is 0 Å². The van der Waals surface area contributed by atoms with Gasteiger partial charge in [-0.25, -0.2) is 4.39 Å². The normalized spacial score (nSPS) is 21.1. The summed E-state index contributed by atoms with van der Waals surface area (Å²) >= 11 is 5.99. The second kappa shape index (κ2) is 4.28. The van der Waals surface area contributed by atoms with Gasteiger partial charge in [-0.2, -0.15) is 0 Å². The summed E-state index contributed by atoms with van der Waals surface area (Å²) in [6, 6.07) is 1.65. The molecule has 0 spiro atoms. The van der Waals surface area contributed by atoms with Crippen molar-refractivity contribution in [2.45, 2.75) is 37.6 Å². The highest BCUT2D eigenvalue weighted by Crippen LogP contribution is 2.46. The van der Waals surface area contributed by atoms with Crippen LogP contribution in [0.15, 0.2) is 6.07 Å². The first-order chi connectivity index (χ1) is 8.62. The standard InChI is InChI=1S/C13H15ClFNO2/c14-10-11(15)8(6-9-12(10)18-7-17-9)13(16)4-2-1-3-5-13/h6H,1-5,7,16H2. The Labute approximate surface area is 110 Å². The molecule has 2 aliphatic rings. The average molecular weight is 272 g/mol. The van der Waals surface area contributed by atoms with Crippen LogP contribution in [0.2, 0.25) is 5.02 Å². The molecular formula is C13H15ClFNO2. The van der Waals surface area contributed by atoms with E-state index in [9.17, 15) is 4.39 Å². The number of ether oxygens (including phenoxy) is 2. The topological polar surface area (TPSA) is 44.5 Å². The highest BCUT2D eigenvalue weighted by atomic mass is 35.5. The van der Waals surface area contributed by atoms with Gasteiger partial charge in [-0.3, -0.25) is 0 Å². The molecule has 3 rings (SSSR count). The summed E-state index contributed by atoms with van der Waals surface area (Å²) in [6.45, 7) is 0.0789. The molecule has 5 heteroatoms. The van der Waals surface area contributed by atoms with Gasteiger partial charge in [-0.1, -0.05) is 30.9 Å². The Hall–Kier alpha value is -1.00. The second-order valence-corrected chi connectivity index (χ2v) is 5.38. The Bertz CT molecular complexity index is 486. The van der Waals surface area contributed by atoms with Gasteiger partial charge in [0.2, 0.25) is 6.79 Å². The molecule has 0 saturated heterocycles. The van der Waals surface area contributed by atoms with Crippen molar-refractivity contribution >= 4 is 11.6 Å². The highest BCUT2D eigenvalue weighted by Gasteiger charge is 2.35. The molecular weight excluding hydrogens is 257 g/mol. The minimum atomic E-state index is -0.632. The van der Waals surface area contributed by atoms with Gasteiger partial charge in [0.25, 0.3) is 0 Å². The fraction of sp³-hybridized carbons (Fsp3) is 0.538. The van der Waals surface area contributed by atoms with Crippen LogP contribution in [0.4, 0.5) is 4.39 Å². The van der Waals surface area contributed by atoms with E-state index in [-0.39, 0.29) is 17.6 Å². The number of fused-ring (bicyclic) bond motifs is 1. The molecule has 0 atom stereocenters. The molecule has 3 nitrogen and oxygen atoms in total. The predicted molar refractivity (Wildman–Crippen MR) is 66.5 cm³/mol. The first kappa shape index (κ1) is 12.1. The van der Waals surface area contributed by atoms with Gasteiger partial charge < -0.3 is 15.2 Å². The van der Waals surface area contributed by atoms with Crippen LogP contribution in [0.25, 0.3) is 0 Å². The molecule has 1 saturated carbocycles. The van der Waals surface area contributed by atoms with Crippen molar-refractivity contribution in [1.82, 2.24) is 0 Å². The molecule has 1 fully saturated rings. The minimum absolute atomic E-state index is 0.0181. The van der Waals surface area contributed by atoms with Crippen molar-refractivity contribution in [2.75, 3.05) is 6.79 Å². The number of hydrogen-bond acceptors (Lipinski definition) is 3. The minimum Gasteiger partial charge on any atom is -0.454 e. The van der Waals surface area contributed by atoms with E-state index in [0.29, 0.717) is 11.3 Å². The zero-order valence-corrected chi connectivity index (χ0v) is 10.7. The van der Waals surface area contributed by atoms with Gasteiger partial charge in [0.05, 0.1) is 0 Å². The van der Waals surface area contributed by atoms with Crippen LogP contribution in [0.1, 0.15) is 37.7 Å². The molecule has 18 heavy (non-hydrogen) atoms. The van der Waals surface area contributed by atoms with Gasteiger partial charge >= 0.3 is 0 Å². The van der Waals surface area contributed by atoms with E-state index in [1.165, 1.54) is 0 Å². The third kappa shape index (κ3) is 1.75. The number of nitrogens with two attached hydrogens (primary N) is 1. The molecule has 0 radical (unpaired) electrons. The zero-order valence-electron chi connectivity index (χ0n) is 9.97. The molecule has 1 aliphatic carbocycles. The predicted octanol–water partition coefficient (Wildman–Crippen LogP) is 3.33. The van der Waals surface area contributed by atoms with Crippen molar-refractivity contribution in [3.8, 4) is 11.5 Å². The lowest BCUT2D eigenvalue weighted by molar-refractivity contribution is 0.173. The van der Waals surface area contributed by atoms with Gasteiger partial charge in [-0.05, 0) is 18.9 Å². The van der Waals surface area contributed by atoms with Crippen LogP contribution >= 0.6 is 11.6 Å². The largest absolute Gasteiger partial charge is 0.454 e. The molecule has 1 aromatic rings. The second-order valence-electron chi connectivity index (χ2n) is 5.00. The van der Waals surface area contributed by atoms with Crippen LogP contribution in [0, 0.1) is 5.82 Å². The summed E-state index contributed by atoms with van der Waals surface area (Å²) in [5.41, 5.74) is 6.17. The summed E-state index contributed by atoms with van der Waals surface area (Å²) in [5, 5.41) is -0.0181. The Morgan fingerprint density at radius 1 is 1.22 bits per heavy atom. The van der Waals surface area contributed by atoms with Crippen LogP contribution in [-0.2, 0) is 5.54 Å². The molecule has 0 bridgehead atoms. The SMILES string of the molecule is NC1(c2cc3c(c(Cl)c2F)OCO3)CCCCC1. The first-order valence-electron chi connectivity index (χ1n) is 6.19. The van der Waals surface area contributed by atoms with E-state index in [1.54, 1.807) is 6.07 Å². The number of halogens is 2. The van der Waals surface area contributed by atoms with E-state index < -0.39 is 11.4 Å². The molecule has 98 valence electrons. The van der Waals surface area contributed by atoms with Crippen molar-refractivity contribution in [2.24, 2.45) is 5.73 Å². The lowest BCUT2D eigenvalue weighted by Crippen LogP contribution is -2.39. The maximum Gasteiger partial charge on any atom is 0.231 e. The lowest BCUT2D eigenvalue weighted by atomic mass is 9.77. The van der Waals surface area contributed by atoms with Crippen LogP contribution in [-0.4, -0.2) is 6.79 Å². The average Bonchev–Trinajstić information content (AvgIpc) is 2.83. The Kier molecular flexibility index (Phi) is 2.87. The maximum atomic E-state index is 14.3. The van der Waals surface area contributed by atoms with Crippen molar-refractivity contribution < 1.29 is 13.9 Å². The summed E-state index contributed by atoms with van der Waals surface area (Å²) < 4.78 is 24.8. The third-order valence-corrected chi connectivity index (χ3v) is 4.17. The van der Waals surface area contributed by atoms with Crippen LogP contribution in [0.3, 0.4) is 0 Å². The fourth-order valence-electron chi connectivity index (χ4n) is 2.79. The number of rotatable bonds is 1. The molecule has 1 aliphatic heterocycles. The van der Waals surface area contributed by atoms with Crippen LogP contribution < -0.4 is 15.2 Å². The van der Waals surface area contributed by atoms with Gasteiger partial charge in [0.1, 0.15) is 5.02 Å². The van der Waals surface area contributed by atoms with Crippen molar-refractivity contribution in [3.63, 3.8) is 0 Å². The highest BCUT2D eigenvalue weighted by molar-refractivity contribution is 6.32. The monoisotopic (exact) mass is 271 g/mol. The first-order valence-corrected chi connectivity index (χ1v) is 6.56. The van der Waals surface area contributed by atoms with Crippen molar-refractivity contribution in [3.05, 3.63) is 22.5 Å². The molecule has 0 aromatic heterocycles. The smallest absolute Gasteiger partial charge is 0.231 e. The molecule has 0 amide bonds. The molecule has 0 unspecified atom stereocenters. The quantitative estimate of drug-likeness (QED) is 0.852. The van der Waals surface area contributed by atoms with E-state index in [1.807, 2.05) is 0 Å². The van der Waals surface area contributed by atoms with E-state index >= 15 is 0 Å². The lowest BCUT2D eigenvalue weighted by Gasteiger charge is -2.34. The zero-order chi connectivity index (χ0) is 12.8. The summed E-state index contributed by atoms with van der Waals surface area (Å²) in [5.74, 6) is 0.314. The van der Waals surface area contributed by atoms with E-state index in [4.69, 9.17) is 26.8 Å². The van der Waals surface area contributed by atoms with Gasteiger partial charge in [0.15, 0.2) is 17.3 Å². The number of hydrogen-bond donors (Lipinski definition) is 1.